The van der Waals surface area contributed by atoms with Crippen LogP contribution in [0, 0.1) is 12.7 Å². The number of nitrogens with one attached hydrogen (secondary N) is 2. The Kier molecular flexibility index (Phi) is 8.85. The molecule has 3 rings (SSSR count). The lowest BCUT2D eigenvalue weighted by molar-refractivity contribution is -0.116. The van der Waals surface area contributed by atoms with E-state index in [1.165, 1.54) is 30.0 Å². The molecule has 35 heavy (non-hydrogen) atoms. The van der Waals surface area contributed by atoms with Gasteiger partial charge in [0.25, 0.3) is 0 Å². The number of hydrogen-bond acceptors (Lipinski definition) is 7. The van der Waals surface area contributed by atoms with Crippen molar-refractivity contribution in [2.45, 2.75) is 18.6 Å². The third kappa shape index (κ3) is 7.06. The maximum Gasteiger partial charge on any atom is 0.244 e. The van der Waals surface area contributed by atoms with Gasteiger partial charge in [0.1, 0.15) is 5.82 Å². The zero-order valence-corrected chi connectivity index (χ0v) is 20.6. The number of halogens is 1. The van der Waals surface area contributed by atoms with Crippen LogP contribution in [0.2, 0.25) is 0 Å². The molecular weight excluding hydrogens is 473 g/mol. The van der Waals surface area contributed by atoms with Gasteiger partial charge >= 0.3 is 0 Å². The van der Waals surface area contributed by atoms with Crippen LogP contribution in [0.15, 0.2) is 47.6 Å². The number of methoxy groups -OCH3 is 2. The summed E-state index contributed by atoms with van der Waals surface area (Å²) in [5.74, 6) is 0.760. The second-order valence-electron chi connectivity index (χ2n) is 7.42. The third-order valence-electron chi connectivity index (χ3n) is 4.99. The molecule has 0 aliphatic rings. The molecule has 0 spiro atoms. The summed E-state index contributed by atoms with van der Waals surface area (Å²) in [4.78, 5) is 24.5. The van der Waals surface area contributed by atoms with Crippen molar-refractivity contribution < 1.29 is 23.5 Å². The number of ether oxygens (including phenoxy) is 2. The summed E-state index contributed by atoms with van der Waals surface area (Å²) in [5.41, 5.74) is 1.97. The first-order valence-electron chi connectivity index (χ1n) is 10.6. The highest BCUT2D eigenvalue weighted by atomic mass is 32.2. The van der Waals surface area contributed by atoms with Crippen LogP contribution >= 0.6 is 11.8 Å². The Bertz CT molecular complexity index is 1240. The van der Waals surface area contributed by atoms with Crippen LogP contribution in [0.25, 0.3) is 6.08 Å². The molecule has 2 N–H and O–H groups in total. The van der Waals surface area contributed by atoms with Crippen molar-refractivity contribution in [1.82, 2.24) is 20.1 Å². The van der Waals surface area contributed by atoms with Gasteiger partial charge < -0.3 is 24.7 Å². The largest absolute Gasteiger partial charge is 0.493 e. The Balaban J connectivity index is 1.51. The summed E-state index contributed by atoms with van der Waals surface area (Å²) < 4.78 is 25.6. The van der Waals surface area contributed by atoms with Gasteiger partial charge in [0.05, 0.1) is 26.5 Å². The molecule has 0 unspecified atom stereocenters. The number of anilines is 1. The summed E-state index contributed by atoms with van der Waals surface area (Å²) in [6.45, 7) is 1.95. The minimum absolute atomic E-state index is 0.0718. The number of aryl methyl sites for hydroxylation is 1. The summed E-state index contributed by atoms with van der Waals surface area (Å²) in [7, 11) is 4.85. The first-order chi connectivity index (χ1) is 16.8. The number of carbonyl (C=O) groups excluding carboxylic acids is 2. The van der Waals surface area contributed by atoms with Crippen molar-refractivity contribution in [3.8, 4) is 11.5 Å². The maximum atomic E-state index is 13.4. The number of hydrogen-bond donors (Lipinski definition) is 2. The molecule has 184 valence electrons. The second kappa shape index (κ2) is 12.0. The van der Waals surface area contributed by atoms with Crippen molar-refractivity contribution >= 4 is 35.3 Å². The summed E-state index contributed by atoms with van der Waals surface area (Å²) in [5, 5.41) is 14.1. The first kappa shape index (κ1) is 25.8. The van der Waals surface area contributed by atoms with Crippen molar-refractivity contribution in [3.63, 3.8) is 0 Å². The quantitative estimate of drug-likeness (QED) is 0.325. The van der Waals surface area contributed by atoms with Crippen LogP contribution in [0.1, 0.15) is 17.0 Å². The molecule has 9 nitrogen and oxygen atoms in total. The average molecular weight is 500 g/mol. The third-order valence-corrected chi connectivity index (χ3v) is 6.01. The minimum atomic E-state index is -0.419. The van der Waals surface area contributed by atoms with E-state index in [1.807, 2.05) is 6.07 Å². The Morgan fingerprint density at radius 3 is 2.63 bits per heavy atom. The van der Waals surface area contributed by atoms with Crippen molar-refractivity contribution in [3.05, 3.63) is 65.2 Å². The maximum absolute atomic E-state index is 13.4. The molecule has 0 radical (unpaired) electrons. The Labute approximate surface area is 206 Å². The predicted octanol–water partition coefficient (Wildman–Crippen LogP) is 3.34. The molecule has 0 aliphatic heterocycles. The SMILES string of the molecule is COc1ccc(/C=C/C(=O)NCc2nnc(SCC(=O)Nc3cc(F)ccc3C)n2C)cc1OC. The molecule has 0 saturated heterocycles. The molecule has 0 bridgehead atoms. The van der Waals surface area contributed by atoms with Crippen LogP contribution in [0.4, 0.5) is 10.1 Å². The van der Waals surface area contributed by atoms with Crippen LogP contribution in [-0.4, -0.2) is 46.6 Å². The van der Waals surface area contributed by atoms with E-state index in [2.05, 4.69) is 20.8 Å². The molecule has 0 aliphatic carbocycles. The lowest BCUT2D eigenvalue weighted by atomic mass is 10.2. The fourth-order valence-electron chi connectivity index (χ4n) is 3.02. The van der Waals surface area contributed by atoms with E-state index in [9.17, 15) is 14.0 Å². The molecule has 1 heterocycles. The fraction of sp³-hybridized carbons (Fsp3) is 0.250. The van der Waals surface area contributed by atoms with Gasteiger partial charge in [0, 0.05) is 18.8 Å². The molecule has 11 heteroatoms. The lowest BCUT2D eigenvalue weighted by Crippen LogP contribution is -2.22. The second-order valence-corrected chi connectivity index (χ2v) is 8.36. The number of amides is 2. The lowest BCUT2D eigenvalue weighted by Gasteiger charge is -2.08. The highest BCUT2D eigenvalue weighted by Crippen LogP contribution is 2.28. The number of rotatable bonds is 10. The summed E-state index contributed by atoms with van der Waals surface area (Å²) in [6.07, 6.45) is 3.07. The number of carbonyl (C=O) groups is 2. The zero-order chi connectivity index (χ0) is 25.4. The van der Waals surface area contributed by atoms with Crippen molar-refractivity contribution in [1.29, 1.82) is 0 Å². The van der Waals surface area contributed by atoms with E-state index in [0.29, 0.717) is 28.2 Å². The monoisotopic (exact) mass is 499 g/mol. The van der Waals surface area contributed by atoms with Gasteiger partial charge in [-0.2, -0.15) is 0 Å². The smallest absolute Gasteiger partial charge is 0.244 e. The molecule has 2 aromatic carbocycles. The summed E-state index contributed by atoms with van der Waals surface area (Å²) in [6, 6.07) is 9.55. The number of nitrogens with zero attached hydrogens (tertiary/aromatic N) is 3. The Morgan fingerprint density at radius 2 is 1.89 bits per heavy atom. The highest BCUT2D eigenvalue weighted by molar-refractivity contribution is 7.99. The van der Waals surface area contributed by atoms with Gasteiger partial charge in [-0.25, -0.2) is 4.39 Å². The molecule has 1 aromatic heterocycles. The van der Waals surface area contributed by atoms with Crippen molar-refractivity contribution in [2.24, 2.45) is 7.05 Å². The van der Waals surface area contributed by atoms with Gasteiger partial charge in [0.15, 0.2) is 22.5 Å². The Morgan fingerprint density at radius 1 is 1.11 bits per heavy atom. The van der Waals surface area contributed by atoms with E-state index in [4.69, 9.17) is 9.47 Å². The predicted molar refractivity (Wildman–Crippen MR) is 132 cm³/mol. The standard InChI is InChI=1S/C24H26FN5O4S/c1-15-5-8-17(25)12-18(15)27-23(32)14-35-24-29-28-21(30(24)2)13-26-22(31)10-7-16-6-9-19(33-3)20(11-16)34-4/h5-12H,13-14H2,1-4H3,(H,26,31)(H,27,32)/b10-7+. The molecule has 0 saturated carbocycles. The van der Waals surface area contributed by atoms with Crippen LogP contribution in [0.5, 0.6) is 11.5 Å². The van der Waals surface area contributed by atoms with Gasteiger partial charge in [-0.05, 0) is 48.4 Å². The normalized spacial score (nSPS) is 10.9. The highest BCUT2D eigenvalue weighted by Gasteiger charge is 2.13. The Hall–Kier alpha value is -3.86. The van der Waals surface area contributed by atoms with E-state index in [1.54, 1.807) is 57.0 Å². The molecule has 0 atom stereocenters. The molecule has 3 aromatic rings. The van der Waals surface area contributed by atoms with Crippen LogP contribution in [-0.2, 0) is 23.2 Å². The molecular formula is C24H26FN5O4S. The van der Waals surface area contributed by atoms with Gasteiger partial charge in [-0.15, -0.1) is 10.2 Å². The van der Waals surface area contributed by atoms with Gasteiger partial charge in [-0.1, -0.05) is 23.9 Å². The number of aromatic nitrogens is 3. The van der Waals surface area contributed by atoms with E-state index < -0.39 is 5.82 Å². The van der Waals surface area contributed by atoms with Crippen LogP contribution < -0.4 is 20.1 Å². The number of thioether (sulfide) groups is 1. The zero-order valence-electron chi connectivity index (χ0n) is 19.8. The van der Waals surface area contributed by atoms with E-state index in [-0.39, 0.29) is 24.1 Å². The first-order valence-corrected chi connectivity index (χ1v) is 11.5. The fourth-order valence-corrected chi connectivity index (χ4v) is 3.75. The summed E-state index contributed by atoms with van der Waals surface area (Å²) >= 11 is 1.19. The average Bonchev–Trinajstić information content (AvgIpc) is 3.21. The number of benzene rings is 2. The molecule has 0 fully saturated rings. The minimum Gasteiger partial charge on any atom is -0.493 e. The molecule has 2 amide bonds. The van der Waals surface area contributed by atoms with E-state index in [0.717, 1.165) is 11.1 Å². The van der Waals surface area contributed by atoms with Gasteiger partial charge in [0.2, 0.25) is 11.8 Å². The topological polar surface area (TPSA) is 107 Å². The van der Waals surface area contributed by atoms with Crippen LogP contribution in [0.3, 0.4) is 0 Å². The van der Waals surface area contributed by atoms with E-state index >= 15 is 0 Å². The van der Waals surface area contributed by atoms with Crippen molar-refractivity contribution in [2.75, 3.05) is 25.3 Å². The van der Waals surface area contributed by atoms with Gasteiger partial charge in [-0.3, -0.25) is 9.59 Å².